The van der Waals surface area contributed by atoms with Crippen molar-refractivity contribution in [2.24, 2.45) is 5.92 Å². The number of rotatable bonds is 3. The number of hydrazine groups is 1. The first-order chi connectivity index (χ1) is 11.7. The fourth-order valence-electron chi connectivity index (χ4n) is 3.68. The van der Waals surface area contributed by atoms with Crippen molar-refractivity contribution in [3.05, 3.63) is 71.8 Å². The molecule has 4 rings (SSSR count). The van der Waals surface area contributed by atoms with Crippen LogP contribution in [-0.4, -0.2) is 34.8 Å². The van der Waals surface area contributed by atoms with Crippen LogP contribution in [0.25, 0.3) is 0 Å². The number of benzene rings is 2. The number of hydrogen-bond donors (Lipinski definition) is 1. The van der Waals surface area contributed by atoms with Gasteiger partial charge in [-0.1, -0.05) is 60.7 Å². The van der Waals surface area contributed by atoms with Crippen LogP contribution in [0.1, 0.15) is 17.2 Å². The number of nitrogens with zero attached hydrogens (tertiary/aromatic N) is 2. The normalized spacial score (nSPS) is 26.9. The lowest BCUT2D eigenvalue weighted by Gasteiger charge is -2.23. The second kappa shape index (κ2) is 5.85. The summed E-state index contributed by atoms with van der Waals surface area (Å²) in [6.07, 6.45) is 0. The summed E-state index contributed by atoms with van der Waals surface area (Å²) in [5, 5.41) is 1.92. The van der Waals surface area contributed by atoms with Gasteiger partial charge >= 0.3 is 0 Å². The summed E-state index contributed by atoms with van der Waals surface area (Å²) in [6.45, 7) is 0.582. The van der Waals surface area contributed by atoms with Crippen LogP contribution in [0.2, 0.25) is 0 Å². The number of imide groups is 1. The molecule has 3 atom stereocenters. The summed E-state index contributed by atoms with van der Waals surface area (Å²) >= 11 is 0. The first-order valence-corrected chi connectivity index (χ1v) is 8.10. The molecule has 0 bridgehead atoms. The van der Waals surface area contributed by atoms with Crippen molar-refractivity contribution in [2.45, 2.75) is 18.6 Å². The molecule has 0 saturated carbocycles. The van der Waals surface area contributed by atoms with Crippen LogP contribution >= 0.6 is 0 Å². The maximum atomic E-state index is 12.6. The van der Waals surface area contributed by atoms with E-state index in [1.807, 2.05) is 65.7 Å². The highest BCUT2D eigenvalue weighted by molar-refractivity contribution is 6.07. The Morgan fingerprint density at radius 1 is 0.917 bits per heavy atom. The standard InChI is InChI=1S/C19H19N3O2/c1-21-18(23)15-16(14-10-6-3-7-11-14)20-22(17(15)19(21)24)12-13-8-4-2-5-9-13/h2-11,15-17,20H,12H2,1H3/t15-,16-,17+/m1/s1. The van der Waals surface area contributed by atoms with Crippen LogP contribution in [0.3, 0.4) is 0 Å². The molecule has 0 unspecified atom stereocenters. The summed E-state index contributed by atoms with van der Waals surface area (Å²) < 4.78 is 0. The van der Waals surface area contributed by atoms with E-state index in [9.17, 15) is 9.59 Å². The lowest BCUT2D eigenvalue weighted by Crippen LogP contribution is -2.43. The Morgan fingerprint density at radius 3 is 2.21 bits per heavy atom. The van der Waals surface area contributed by atoms with Gasteiger partial charge in [-0.3, -0.25) is 14.5 Å². The van der Waals surface area contributed by atoms with Gasteiger partial charge in [0, 0.05) is 13.6 Å². The number of likely N-dealkylation sites (N-methyl/N-ethyl adjacent to an activating group) is 1. The lowest BCUT2D eigenvalue weighted by molar-refractivity contribution is -0.139. The van der Waals surface area contributed by atoms with E-state index in [4.69, 9.17) is 0 Å². The lowest BCUT2D eigenvalue weighted by atomic mass is 9.91. The maximum Gasteiger partial charge on any atom is 0.248 e. The van der Waals surface area contributed by atoms with Gasteiger partial charge in [0.1, 0.15) is 6.04 Å². The molecular formula is C19H19N3O2. The molecule has 122 valence electrons. The molecule has 2 aromatic rings. The molecule has 1 N–H and O–H groups in total. The zero-order valence-electron chi connectivity index (χ0n) is 13.4. The molecule has 0 radical (unpaired) electrons. The second-order valence-corrected chi connectivity index (χ2v) is 6.34. The summed E-state index contributed by atoms with van der Waals surface area (Å²) in [4.78, 5) is 26.5. The third-order valence-corrected chi connectivity index (χ3v) is 4.89. The molecule has 5 heteroatoms. The molecule has 2 amide bonds. The molecule has 2 heterocycles. The number of carbonyl (C=O) groups is 2. The van der Waals surface area contributed by atoms with Gasteiger partial charge in [-0.05, 0) is 11.1 Å². The minimum absolute atomic E-state index is 0.109. The SMILES string of the molecule is CN1C(=O)[C@@H]2[C@@H](c3ccccc3)NN(Cc3ccccc3)[C@@H]2C1=O. The number of amides is 2. The number of fused-ring (bicyclic) bond motifs is 1. The second-order valence-electron chi connectivity index (χ2n) is 6.34. The van der Waals surface area contributed by atoms with Gasteiger partial charge in [-0.25, -0.2) is 10.4 Å². The van der Waals surface area contributed by atoms with Crippen molar-refractivity contribution in [3.8, 4) is 0 Å². The fourth-order valence-corrected chi connectivity index (χ4v) is 3.68. The Labute approximate surface area is 140 Å². The molecule has 2 saturated heterocycles. The zero-order chi connectivity index (χ0) is 16.7. The molecule has 2 aromatic carbocycles. The fraction of sp³-hybridized carbons (Fsp3) is 0.263. The first kappa shape index (κ1) is 15.1. The van der Waals surface area contributed by atoms with Crippen LogP contribution in [0.5, 0.6) is 0 Å². The van der Waals surface area contributed by atoms with Gasteiger partial charge in [0.05, 0.1) is 12.0 Å². The van der Waals surface area contributed by atoms with E-state index in [1.165, 1.54) is 4.90 Å². The highest BCUT2D eigenvalue weighted by Gasteiger charge is 2.57. The minimum Gasteiger partial charge on any atom is -0.284 e. The molecule has 0 aromatic heterocycles. The van der Waals surface area contributed by atoms with Crippen molar-refractivity contribution in [1.29, 1.82) is 0 Å². The molecule has 2 aliphatic heterocycles. The van der Waals surface area contributed by atoms with E-state index in [2.05, 4.69) is 5.43 Å². The third kappa shape index (κ3) is 2.33. The molecule has 5 nitrogen and oxygen atoms in total. The summed E-state index contributed by atoms with van der Waals surface area (Å²) in [7, 11) is 1.58. The predicted molar refractivity (Wildman–Crippen MR) is 89.4 cm³/mol. The van der Waals surface area contributed by atoms with Crippen LogP contribution < -0.4 is 5.43 Å². The smallest absolute Gasteiger partial charge is 0.248 e. The van der Waals surface area contributed by atoms with Crippen molar-refractivity contribution in [1.82, 2.24) is 15.3 Å². The van der Waals surface area contributed by atoms with E-state index in [0.717, 1.165) is 11.1 Å². The van der Waals surface area contributed by atoms with Gasteiger partial charge < -0.3 is 0 Å². The third-order valence-electron chi connectivity index (χ3n) is 4.89. The van der Waals surface area contributed by atoms with Crippen LogP contribution in [0, 0.1) is 5.92 Å². The van der Waals surface area contributed by atoms with E-state index < -0.39 is 6.04 Å². The molecule has 0 aliphatic carbocycles. The average molecular weight is 321 g/mol. The molecular weight excluding hydrogens is 302 g/mol. The minimum atomic E-state index is -0.451. The van der Waals surface area contributed by atoms with Crippen molar-refractivity contribution < 1.29 is 9.59 Å². The monoisotopic (exact) mass is 321 g/mol. The van der Waals surface area contributed by atoms with Crippen LogP contribution in [0.15, 0.2) is 60.7 Å². The van der Waals surface area contributed by atoms with Crippen molar-refractivity contribution in [2.75, 3.05) is 7.05 Å². The van der Waals surface area contributed by atoms with E-state index in [0.29, 0.717) is 6.54 Å². The Morgan fingerprint density at radius 2 is 1.54 bits per heavy atom. The summed E-state index contributed by atoms with van der Waals surface area (Å²) in [5.74, 6) is -0.623. The average Bonchev–Trinajstić information content (AvgIpc) is 3.09. The number of nitrogens with one attached hydrogen (secondary N) is 1. The zero-order valence-corrected chi connectivity index (χ0v) is 13.4. The summed E-state index contributed by atoms with van der Waals surface area (Å²) in [6, 6.07) is 19.2. The Kier molecular flexibility index (Phi) is 3.67. The highest BCUT2D eigenvalue weighted by Crippen LogP contribution is 2.40. The number of likely N-dealkylation sites (tertiary alicyclic amines) is 1. The highest BCUT2D eigenvalue weighted by atomic mass is 16.2. The molecule has 2 aliphatic rings. The molecule has 24 heavy (non-hydrogen) atoms. The van der Waals surface area contributed by atoms with Gasteiger partial charge in [-0.2, -0.15) is 0 Å². The maximum absolute atomic E-state index is 12.6. The first-order valence-electron chi connectivity index (χ1n) is 8.10. The quantitative estimate of drug-likeness (QED) is 0.875. The predicted octanol–water partition coefficient (Wildman–Crippen LogP) is 1.73. The Balaban J connectivity index is 1.69. The van der Waals surface area contributed by atoms with E-state index in [1.54, 1.807) is 7.05 Å². The number of hydrogen-bond acceptors (Lipinski definition) is 4. The van der Waals surface area contributed by atoms with Crippen molar-refractivity contribution >= 4 is 11.8 Å². The van der Waals surface area contributed by atoms with Gasteiger partial charge in [0.15, 0.2) is 0 Å². The topological polar surface area (TPSA) is 52.7 Å². The van der Waals surface area contributed by atoms with Gasteiger partial charge in [-0.15, -0.1) is 0 Å². The Bertz CT molecular complexity index is 763. The van der Waals surface area contributed by atoms with Gasteiger partial charge in [0.2, 0.25) is 11.8 Å². The molecule has 0 spiro atoms. The van der Waals surface area contributed by atoms with E-state index >= 15 is 0 Å². The van der Waals surface area contributed by atoms with Gasteiger partial charge in [0.25, 0.3) is 0 Å². The van der Waals surface area contributed by atoms with Crippen molar-refractivity contribution in [3.63, 3.8) is 0 Å². The van der Waals surface area contributed by atoms with Crippen LogP contribution in [0.4, 0.5) is 0 Å². The largest absolute Gasteiger partial charge is 0.284 e. The summed E-state index contributed by atoms with van der Waals surface area (Å²) in [5.41, 5.74) is 5.54. The Hall–Kier alpha value is -2.50. The number of carbonyl (C=O) groups excluding carboxylic acids is 2. The van der Waals surface area contributed by atoms with E-state index in [-0.39, 0.29) is 23.8 Å². The van der Waals surface area contributed by atoms with Crippen LogP contribution in [-0.2, 0) is 16.1 Å². The molecule has 2 fully saturated rings.